The van der Waals surface area contributed by atoms with E-state index in [1.54, 1.807) is 0 Å². The molecule has 1 aliphatic heterocycles. The van der Waals surface area contributed by atoms with Crippen molar-refractivity contribution in [2.45, 2.75) is 52.2 Å². The molecule has 2 fully saturated rings. The Balaban J connectivity index is 1.64. The fraction of sp³-hybridized carbons (Fsp3) is 0.706. The van der Waals surface area contributed by atoms with Gasteiger partial charge in [-0.3, -0.25) is 4.90 Å². The fourth-order valence-corrected chi connectivity index (χ4v) is 3.15. The monoisotopic (exact) mass is 288 g/mol. The van der Waals surface area contributed by atoms with E-state index in [1.807, 2.05) is 0 Å². The first-order valence-electron chi connectivity index (χ1n) is 8.36. The predicted molar refractivity (Wildman–Crippen MR) is 87.8 cm³/mol. The number of nitrogens with zero attached hydrogens (tertiary/aromatic N) is 3. The van der Waals surface area contributed by atoms with Crippen LogP contribution in [0.4, 0.5) is 5.82 Å². The summed E-state index contributed by atoms with van der Waals surface area (Å²) >= 11 is 0. The van der Waals surface area contributed by atoms with Gasteiger partial charge in [0.25, 0.3) is 0 Å². The summed E-state index contributed by atoms with van der Waals surface area (Å²) in [5.74, 6) is 1.14. The first kappa shape index (κ1) is 14.8. The van der Waals surface area contributed by atoms with E-state index >= 15 is 0 Å². The maximum absolute atomic E-state index is 4.85. The molecule has 1 N–H and O–H groups in total. The van der Waals surface area contributed by atoms with E-state index in [4.69, 9.17) is 4.98 Å². The quantitative estimate of drug-likeness (QED) is 0.900. The summed E-state index contributed by atoms with van der Waals surface area (Å²) in [7, 11) is 0. The Bertz CT molecular complexity index is 484. The average Bonchev–Trinajstić information content (AvgIpc) is 3.30. The molecule has 1 saturated carbocycles. The minimum Gasteiger partial charge on any atom is -0.354 e. The number of hydrogen-bond donors (Lipinski definition) is 1. The van der Waals surface area contributed by atoms with Gasteiger partial charge in [-0.05, 0) is 44.9 Å². The lowest BCUT2D eigenvalue weighted by Gasteiger charge is -2.40. The maximum atomic E-state index is 4.85. The van der Waals surface area contributed by atoms with Gasteiger partial charge in [-0.15, -0.1) is 0 Å². The van der Waals surface area contributed by atoms with Crippen molar-refractivity contribution in [3.05, 3.63) is 23.4 Å². The molecule has 3 rings (SSSR count). The molecular formula is C17H28N4. The molecule has 1 aromatic rings. The number of pyridine rings is 1. The average molecular weight is 288 g/mol. The Morgan fingerprint density at radius 2 is 2.10 bits per heavy atom. The summed E-state index contributed by atoms with van der Waals surface area (Å²) in [6.45, 7) is 12.1. The first-order valence-corrected chi connectivity index (χ1v) is 8.36. The molecule has 2 aliphatic rings. The lowest BCUT2D eigenvalue weighted by atomic mass is 10.1. The summed E-state index contributed by atoms with van der Waals surface area (Å²) in [5, 5.41) is 3.57. The molecular weight excluding hydrogens is 260 g/mol. The van der Waals surface area contributed by atoms with Crippen LogP contribution in [-0.4, -0.2) is 48.1 Å². The molecule has 1 aromatic heterocycles. The standard InChI is InChI=1S/C17H28N4/c1-4-20-9-10-21(12-13(20)2)17-8-5-15(14(3)19-17)11-18-16-6-7-16/h5,8,13,16,18H,4,6-7,9-12H2,1-3H3. The minimum atomic E-state index is 0.613. The van der Waals surface area contributed by atoms with E-state index < -0.39 is 0 Å². The highest BCUT2D eigenvalue weighted by Crippen LogP contribution is 2.21. The Hall–Kier alpha value is -1.13. The van der Waals surface area contributed by atoms with Crippen LogP contribution in [0.5, 0.6) is 0 Å². The van der Waals surface area contributed by atoms with Crippen LogP contribution in [0.2, 0.25) is 0 Å². The van der Waals surface area contributed by atoms with Crippen molar-refractivity contribution >= 4 is 5.82 Å². The fourth-order valence-electron chi connectivity index (χ4n) is 3.15. The molecule has 1 unspecified atom stereocenters. The molecule has 0 spiro atoms. The van der Waals surface area contributed by atoms with Crippen molar-refractivity contribution in [3.8, 4) is 0 Å². The molecule has 0 radical (unpaired) electrons. The van der Waals surface area contributed by atoms with Crippen molar-refractivity contribution in [3.63, 3.8) is 0 Å². The zero-order valence-electron chi connectivity index (χ0n) is 13.6. The van der Waals surface area contributed by atoms with Gasteiger partial charge in [0.05, 0.1) is 0 Å². The van der Waals surface area contributed by atoms with E-state index in [0.29, 0.717) is 6.04 Å². The second-order valence-electron chi connectivity index (χ2n) is 6.49. The molecule has 4 nitrogen and oxygen atoms in total. The van der Waals surface area contributed by atoms with E-state index in [9.17, 15) is 0 Å². The van der Waals surface area contributed by atoms with Gasteiger partial charge in [0.15, 0.2) is 0 Å². The zero-order chi connectivity index (χ0) is 14.8. The van der Waals surface area contributed by atoms with Gasteiger partial charge in [-0.1, -0.05) is 13.0 Å². The van der Waals surface area contributed by atoms with Gasteiger partial charge in [-0.25, -0.2) is 4.98 Å². The molecule has 116 valence electrons. The Morgan fingerprint density at radius 3 is 2.71 bits per heavy atom. The Kier molecular flexibility index (Phi) is 4.45. The number of aryl methyl sites for hydroxylation is 1. The van der Waals surface area contributed by atoms with Crippen LogP contribution in [0.3, 0.4) is 0 Å². The normalized spacial score (nSPS) is 23.6. The van der Waals surface area contributed by atoms with Gasteiger partial charge >= 0.3 is 0 Å². The molecule has 0 amide bonds. The van der Waals surface area contributed by atoms with E-state index in [1.165, 1.54) is 24.1 Å². The lowest BCUT2D eigenvalue weighted by molar-refractivity contribution is 0.199. The van der Waals surface area contributed by atoms with Crippen LogP contribution >= 0.6 is 0 Å². The maximum Gasteiger partial charge on any atom is 0.128 e. The van der Waals surface area contributed by atoms with Gasteiger partial charge in [0.1, 0.15) is 5.82 Å². The zero-order valence-corrected chi connectivity index (χ0v) is 13.6. The van der Waals surface area contributed by atoms with Crippen LogP contribution in [0, 0.1) is 6.92 Å². The van der Waals surface area contributed by atoms with Crippen LogP contribution in [0.1, 0.15) is 37.9 Å². The Labute approximate surface area is 128 Å². The lowest BCUT2D eigenvalue weighted by Crippen LogP contribution is -2.52. The summed E-state index contributed by atoms with van der Waals surface area (Å²) in [6.07, 6.45) is 2.67. The van der Waals surface area contributed by atoms with Crippen LogP contribution < -0.4 is 10.2 Å². The van der Waals surface area contributed by atoms with Crippen LogP contribution in [-0.2, 0) is 6.54 Å². The highest BCUT2D eigenvalue weighted by Gasteiger charge is 2.24. The van der Waals surface area contributed by atoms with E-state index in [2.05, 4.69) is 48.0 Å². The minimum absolute atomic E-state index is 0.613. The van der Waals surface area contributed by atoms with Crippen LogP contribution in [0.15, 0.2) is 12.1 Å². The number of nitrogens with one attached hydrogen (secondary N) is 1. The number of hydrogen-bond acceptors (Lipinski definition) is 4. The molecule has 21 heavy (non-hydrogen) atoms. The second-order valence-corrected chi connectivity index (χ2v) is 6.49. The SMILES string of the molecule is CCN1CCN(c2ccc(CNC3CC3)c(C)n2)CC1C. The Morgan fingerprint density at radius 1 is 1.29 bits per heavy atom. The molecule has 1 atom stereocenters. The van der Waals surface area contributed by atoms with Crippen molar-refractivity contribution in [2.24, 2.45) is 0 Å². The third-order valence-corrected chi connectivity index (χ3v) is 4.83. The topological polar surface area (TPSA) is 31.4 Å². The van der Waals surface area contributed by atoms with Crippen LogP contribution in [0.25, 0.3) is 0 Å². The number of aromatic nitrogens is 1. The van der Waals surface area contributed by atoms with Gasteiger partial charge in [-0.2, -0.15) is 0 Å². The molecule has 2 heterocycles. The van der Waals surface area contributed by atoms with Gasteiger partial charge in [0.2, 0.25) is 0 Å². The van der Waals surface area contributed by atoms with E-state index in [-0.39, 0.29) is 0 Å². The number of likely N-dealkylation sites (N-methyl/N-ethyl adjacent to an activating group) is 1. The molecule has 1 aliphatic carbocycles. The van der Waals surface area contributed by atoms with Crippen molar-refractivity contribution in [1.82, 2.24) is 15.2 Å². The number of piperazine rings is 1. The summed E-state index contributed by atoms with van der Waals surface area (Å²) in [6, 6.07) is 5.82. The van der Waals surface area contributed by atoms with Crippen molar-refractivity contribution < 1.29 is 0 Å². The van der Waals surface area contributed by atoms with Crippen molar-refractivity contribution in [1.29, 1.82) is 0 Å². The van der Waals surface area contributed by atoms with Gasteiger partial charge < -0.3 is 10.2 Å². The smallest absolute Gasteiger partial charge is 0.128 e. The first-order chi connectivity index (χ1) is 10.2. The summed E-state index contributed by atoms with van der Waals surface area (Å²) in [5.41, 5.74) is 2.51. The number of anilines is 1. The van der Waals surface area contributed by atoms with Crippen molar-refractivity contribution in [2.75, 3.05) is 31.1 Å². The summed E-state index contributed by atoms with van der Waals surface area (Å²) in [4.78, 5) is 9.82. The molecule has 0 aromatic carbocycles. The number of rotatable bonds is 5. The molecule has 1 saturated heterocycles. The highest BCUT2D eigenvalue weighted by atomic mass is 15.3. The highest BCUT2D eigenvalue weighted by molar-refractivity contribution is 5.42. The predicted octanol–water partition coefficient (Wildman–Crippen LogP) is 2.17. The molecule has 0 bridgehead atoms. The van der Waals surface area contributed by atoms with E-state index in [0.717, 1.165) is 44.6 Å². The summed E-state index contributed by atoms with van der Waals surface area (Å²) < 4.78 is 0. The largest absolute Gasteiger partial charge is 0.354 e. The third-order valence-electron chi connectivity index (χ3n) is 4.83. The van der Waals surface area contributed by atoms with Gasteiger partial charge in [0, 0.05) is 44.0 Å². The molecule has 4 heteroatoms. The second kappa shape index (κ2) is 6.32. The third kappa shape index (κ3) is 3.55.